The summed E-state index contributed by atoms with van der Waals surface area (Å²) in [6.07, 6.45) is 4.23. The molecule has 2 aromatic carbocycles. The number of allylic oxidation sites excluding steroid dienone is 2. The van der Waals surface area contributed by atoms with Crippen LogP contribution in [0.1, 0.15) is 71.3 Å². The predicted octanol–water partition coefficient (Wildman–Crippen LogP) is 7.94. The number of alkyl halides is 3. The highest BCUT2D eigenvalue weighted by Crippen LogP contribution is 2.31. The van der Waals surface area contributed by atoms with Crippen LogP contribution in [0.5, 0.6) is 17.2 Å². The molecule has 204 valence electrons. The van der Waals surface area contributed by atoms with Crippen LogP contribution < -0.4 is 15.0 Å². The van der Waals surface area contributed by atoms with E-state index in [0.717, 1.165) is 62.8 Å². The third kappa shape index (κ3) is 11.6. The van der Waals surface area contributed by atoms with Gasteiger partial charge in [0.2, 0.25) is 6.79 Å². The van der Waals surface area contributed by atoms with Gasteiger partial charge in [0.25, 0.3) is 0 Å². The average Bonchev–Trinajstić information content (AvgIpc) is 2.87. The van der Waals surface area contributed by atoms with E-state index in [1.54, 1.807) is 31.2 Å². The van der Waals surface area contributed by atoms with Crippen molar-refractivity contribution in [2.24, 2.45) is 0 Å². The number of ether oxygens (including phenoxy) is 3. The number of hydrogen-bond acceptors (Lipinski definition) is 6. The fraction of sp³-hybridized carbons (Fsp3) is 0.464. The first-order valence-corrected chi connectivity index (χ1v) is 12.6. The summed E-state index contributed by atoms with van der Waals surface area (Å²) >= 11 is 0. The van der Waals surface area contributed by atoms with E-state index >= 15 is 0 Å². The zero-order chi connectivity index (χ0) is 27.1. The minimum atomic E-state index is -4.40. The Morgan fingerprint density at radius 3 is 2.11 bits per heavy atom. The Labute approximate surface area is 216 Å². The van der Waals surface area contributed by atoms with Gasteiger partial charge in [-0.15, -0.1) is 0 Å². The van der Waals surface area contributed by atoms with Gasteiger partial charge in [-0.25, -0.2) is 9.63 Å². The molecule has 0 bridgehead atoms. The molecule has 1 atom stereocenters. The maximum absolute atomic E-state index is 12.7. The van der Waals surface area contributed by atoms with Crippen molar-refractivity contribution >= 4 is 5.97 Å². The van der Waals surface area contributed by atoms with E-state index in [0.29, 0.717) is 11.5 Å². The Kier molecular flexibility index (Phi) is 12.8. The molecule has 2 rings (SSSR count). The van der Waals surface area contributed by atoms with Crippen LogP contribution in [-0.4, -0.2) is 18.9 Å². The van der Waals surface area contributed by atoms with Crippen molar-refractivity contribution in [2.45, 2.75) is 78.0 Å². The molecule has 0 aliphatic heterocycles. The van der Waals surface area contributed by atoms with Crippen molar-refractivity contribution in [2.75, 3.05) is 6.79 Å². The van der Waals surface area contributed by atoms with Gasteiger partial charge in [-0.05, 0) is 74.7 Å². The molecule has 0 saturated carbocycles. The number of hydroxylamine groups is 1. The Balaban J connectivity index is 1.76. The van der Waals surface area contributed by atoms with Gasteiger partial charge in [-0.3, -0.25) is 5.48 Å². The van der Waals surface area contributed by atoms with E-state index in [1.807, 2.05) is 0 Å². The standard InChI is InChI=1S/C28H36F3NO5/c1-4-6-8-10-23(11-9-7-5-2)32-35-20-34-27(33)21(3)36-24-16-18-26(19-17-24)37-25-14-12-22(13-15-25)28(29,30)31/h10,12-19,21,32H,4-9,11,20H2,1-3H3. The van der Waals surface area contributed by atoms with E-state index in [9.17, 15) is 18.0 Å². The fourth-order valence-electron chi connectivity index (χ4n) is 3.25. The number of esters is 1. The molecule has 0 aromatic heterocycles. The molecule has 6 nitrogen and oxygen atoms in total. The van der Waals surface area contributed by atoms with Crippen molar-refractivity contribution in [3.63, 3.8) is 0 Å². The topological polar surface area (TPSA) is 66.0 Å². The second-order valence-electron chi connectivity index (χ2n) is 8.51. The van der Waals surface area contributed by atoms with E-state index in [-0.39, 0.29) is 12.5 Å². The lowest BCUT2D eigenvalue weighted by Crippen LogP contribution is -2.28. The van der Waals surface area contributed by atoms with Crippen LogP contribution >= 0.6 is 0 Å². The second kappa shape index (κ2) is 15.8. The molecule has 9 heteroatoms. The Morgan fingerprint density at radius 1 is 0.919 bits per heavy atom. The normalized spacial score (nSPS) is 12.6. The number of nitrogens with one attached hydrogen (secondary N) is 1. The van der Waals surface area contributed by atoms with Gasteiger partial charge in [0.15, 0.2) is 6.10 Å². The summed E-state index contributed by atoms with van der Waals surface area (Å²) < 4.78 is 54.3. The smallest absolute Gasteiger partial charge is 0.416 e. The molecule has 1 N–H and O–H groups in total. The molecular weight excluding hydrogens is 487 g/mol. The first-order valence-electron chi connectivity index (χ1n) is 12.6. The summed E-state index contributed by atoms with van der Waals surface area (Å²) in [6.45, 7) is 5.59. The molecular formula is C28H36F3NO5. The molecule has 0 amide bonds. The van der Waals surface area contributed by atoms with Gasteiger partial charge in [0, 0.05) is 5.70 Å². The largest absolute Gasteiger partial charge is 0.479 e. The minimum Gasteiger partial charge on any atom is -0.479 e. The van der Waals surface area contributed by atoms with Gasteiger partial charge in [0.1, 0.15) is 17.2 Å². The van der Waals surface area contributed by atoms with E-state index in [4.69, 9.17) is 19.0 Å². The highest BCUT2D eigenvalue weighted by molar-refractivity contribution is 5.74. The van der Waals surface area contributed by atoms with Crippen LogP contribution in [0.25, 0.3) is 0 Å². The van der Waals surface area contributed by atoms with Crippen LogP contribution in [0.4, 0.5) is 13.2 Å². The van der Waals surface area contributed by atoms with Crippen LogP contribution in [0.2, 0.25) is 0 Å². The van der Waals surface area contributed by atoms with Gasteiger partial charge in [-0.1, -0.05) is 45.6 Å². The summed E-state index contributed by atoms with van der Waals surface area (Å²) in [4.78, 5) is 17.6. The number of rotatable bonds is 16. The van der Waals surface area contributed by atoms with Crippen LogP contribution in [0, 0.1) is 0 Å². The molecule has 0 aliphatic rings. The molecule has 0 fully saturated rings. The lowest BCUT2D eigenvalue weighted by molar-refractivity contribution is -0.168. The van der Waals surface area contributed by atoms with E-state index in [2.05, 4.69) is 25.4 Å². The van der Waals surface area contributed by atoms with Gasteiger partial charge >= 0.3 is 12.1 Å². The number of halogens is 3. The summed E-state index contributed by atoms with van der Waals surface area (Å²) in [7, 11) is 0. The Hall–Kier alpha value is -3.20. The van der Waals surface area contributed by atoms with Gasteiger partial charge in [-0.2, -0.15) is 13.2 Å². The lowest BCUT2D eigenvalue weighted by Gasteiger charge is -2.15. The maximum atomic E-state index is 12.7. The lowest BCUT2D eigenvalue weighted by atomic mass is 10.1. The van der Waals surface area contributed by atoms with Crippen molar-refractivity contribution in [1.29, 1.82) is 0 Å². The maximum Gasteiger partial charge on any atom is 0.416 e. The number of benzene rings is 2. The van der Waals surface area contributed by atoms with Crippen LogP contribution in [-0.2, 0) is 20.5 Å². The van der Waals surface area contributed by atoms with E-state index in [1.165, 1.54) is 12.1 Å². The fourth-order valence-corrected chi connectivity index (χ4v) is 3.25. The number of carbonyl (C=O) groups is 1. The molecule has 0 saturated heterocycles. The number of unbranched alkanes of at least 4 members (excludes halogenated alkanes) is 4. The summed E-state index contributed by atoms with van der Waals surface area (Å²) in [5, 5.41) is 0. The Bertz CT molecular complexity index is 959. The number of hydrogen-bond donors (Lipinski definition) is 1. The highest BCUT2D eigenvalue weighted by atomic mass is 19.4. The zero-order valence-electron chi connectivity index (χ0n) is 21.6. The molecule has 2 aromatic rings. The van der Waals surface area contributed by atoms with Gasteiger partial charge < -0.3 is 14.2 Å². The van der Waals surface area contributed by atoms with Crippen LogP contribution in [0.3, 0.4) is 0 Å². The van der Waals surface area contributed by atoms with Crippen molar-refractivity contribution in [1.82, 2.24) is 5.48 Å². The minimum absolute atomic E-state index is 0.259. The SMILES string of the molecule is CCCCC=C(CCCCC)NOCOC(=O)C(C)Oc1ccc(Oc2ccc(C(F)(F)F)cc2)cc1. The van der Waals surface area contributed by atoms with Crippen molar-refractivity contribution in [3.05, 3.63) is 65.9 Å². The van der Waals surface area contributed by atoms with Crippen LogP contribution in [0.15, 0.2) is 60.3 Å². The monoisotopic (exact) mass is 523 g/mol. The average molecular weight is 524 g/mol. The summed E-state index contributed by atoms with van der Waals surface area (Å²) in [5.74, 6) is 0.485. The molecule has 37 heavy (non-hydrogen) atoms. The molecule has 0 radical (unpaired) electrons. The predicted molar refractivity (Wildman–Crippen MR) is 135 cm³/mol. The third-order valence-corrected chi connectivity index (χ3v) is 5.35. The van der Waals surface area contributed by atoms with Gasteiger partial charge in [0.05, 0.1) is 5.56 Å². The van der Waals surface area contributed by atoms with Crippen molar-refractivity contribution < 1.29 is 37.0 Å². The molecule has 0 spiro atoms. The molecule has 0 aliphatic carbocycles. The van der Waals surface area contributed by atoms with Crippen molar-refractivity contribution in [3.8, 4) is 17.2 Å². The molecule has 0 heterocycles. The Morgan fingerprint density at radius 2 is 1.51 bits per heavy atom. The third-order valence-electron chi connectivity index (χ3n) is 5.35. The molecule has 1 unspecified atom stereocenters. The second-order valence-corrected chi connectivity index (χ2v) is 8.51. The summed E-state index contributed by atoms with van der Waals surface area (Å²) in [5.41, 5.74) is 3.13. The zero-order valence-corrected chi connectivity index (χ0v) is 21.6. The summed E-state index contributed by atoms with van der Waals surface area (Å²) in [6, 6.07) is 10.8. The quantitative estimate of drug-likeness (QED) is 0.104. The first-order chi connectivity index (χ1) is 17.7. The highest BCUT2D eigenvalue weighted by Gasteiger charge is 2.30. The first kappa shape index (κ1) is 30.0. The number of carbonyl (C=O) groups excluding carboxylic acids is 1. The van der Waals surface area contributed by atoms with E-state index < -0.39 is 23.8 Å².